The number of fused-ring (bicyclic) bond motifs is 1. The number of methoxy groups -OCH3 is 1. The Morgan fingerprint density at radius 2 is 1.78 bits per heavy atom. The molecule has 0 unspecified atom stereocenters. The van der Waals surface area contributed by atoms with Gasteiger partial charge in [0.25, 0.3) is 0 Å². The lowest BCUT2D eigenvalue weighted by Crippen LogP contribution is -2.38. The Balaban J connectivity index is 1.87. The van der Waals surface area contributed by atoms with Crippen molar-refractivity contribution in [3.8, 4) is 5.75 Å². The van der Waals surface area contributed by atoms with E-state index in [4.69, 9.17) is 4.74 Å². The van der Waals surface area contributed by atoms with Gasteiger partial charge in [0, 0.05) is 11.6 Å². The van der Waals surface area contributed by atoms with E-state index in [-0.39, 0.29) is 23.3 Å². The van der Waals surface area contributed by atoms with Crippen LogP contribution in [0.1, 0.15) is 49.1 Å². The molecule has 2 amide bonds. The fourth-order valence-electron chi connectivity index (χ4n) is 3.82. The smallest absolute Gasteiger partial charge is 0.418 e. The van der Waals surface area contributed by atoms with Crippen LogP contribution in [0, 0.1) is 5.82 Å². The van der Waals surface area contributed by atoms with Crippen LogP contribution in [0.3, 0.4) is 0 Å². The molecular formula is C23H26F4N2O3. The SMILES string of the molecule is COc1c(NC(=O)N[C@H]2Cc3ccc(F)cc3C2)cc(C(C)(C)C)cc1[C@@H](O)C(F)(F)F. The Bertz CT molecular complexity index is 1020. The van der Waals surface area contributed by atoms with E-state index >= 15 is 0 Å². The average Bonchev–Trinajstić information content (AvgIpc) is 3.06. The summed E-state index contributed by atoms with van der Waals surface area (Å²) in [4.78, 5) is 12.7. The molecule has 2 atom stereocenters. The molecule has 1 aliphatic rings. The summed E-state index contributed by atoms with van der Waals surface area (Å²) in [5.74, 6) is -0.622. The third-order valence-electron chi connectivity index (χ3n) is 5.48. The minimum Gasteiger partial charge on any atom is -0.494 e. The number of benzene rings is 2. The number of urea groups is 1. The molecule has 0 heterocycles. The first-order chi connectivity index (χ1) is 14.8. The molecule has 3 N–H and O–H groups in total. The van der Waals surface area contributed by atoms with Crippen molar-refractivity contribution in [1.29, 1.82) is 0 Å². The molecule has 0 fully saturated rings. The van der Waals surface area contributed by atoms with Gasteiger partial charge < -0.3 is 20.5 Å². The van der Waals surface area contributed by atoms with Crippen LogP contribution in [0.4, 0.5) is 28.0 Å². The minimum absolute atomic E-state index is 0.0114. The number of ether oxygens (including phenoxy) is 1. The lowest BCUT2D eigenvalue weighted by molar-refractivity contribution is -0.207. The number of nitrogens with one attached hydrogen (secondary N) is 2. The maximum absolute atomic E-state index is 13.4. The second-order valence-corrected chi connectivity index (χ2v) is 8.96. The van der Waals surface area contributed by atoms with Gasteiger partial charge >= 0.3 is 12.2 Å². The molecule has 0 bridgehead atoms. The van der Waals surface area contributed by atoms with Gasteiger partial charge in [-0.3, -0.25) is 0 Å². The Morgan fingerprint density at radius 1 is 1.12 bits per heavy atom. The molecule has 2 aromatic carbocycles. The van der Waals surface area contributed by atoms with Crippen molar-refractivity contribution < 1.29 is 32.2 Å². The number of halogens is 4. The highest BCUT2D eigenvalue weighted by atomic mass is 19.4. The van der Waals surface area contributed by atoms with E-state index in [9.17, 15) is 27.5 Å². The molecule has 9 heteroatoms. The van der Waals surface area contributed by atoms with Crippen LogP contribution >= 0.6 is 0 Å². The number of carbonyl (C=O) groups is 1. The number of carbonyl (C=O) groups excluding carboxylic acids is 1. The number of aliphatic hydroxyl groups excluding tert-OH is 1. The van der Waals surface area contributed by atoms with E-state index in [0.29, 0.717) is 18.4 Å². The fraction of sp³-hybridized carbons (Fsp3) is 0.435. The minimum atomic E-state index is -4.91. The largest absolute Gasteiger partial charge is 0.494 e. The second-order valence-electron chi connectivity index (χ2n) is 8.96. The van der Waals surface area contributed by atoms with Crippen molar-refractivity contribution in [3.63, 3.8) is 0 Å². The topological polar surface area (TPSA) is 70.6 Å². The summed E-state index contributed by atoms with van der Waals surface area (Å²) in [5, 5.41) is 15.2. The Labute approximate surface area is 183 Å². The predicted octanol–water partition coefficient (Wildman–Crippen LogP) is 5.02. The highest BCUT2D eigenvalue weighted by molar-refractivity contribution is 5.92. The molecule has 0 saturated carbocycles. The van der Waals surface area contributed by atoms with Gasteiger partial charge in [-0.2, -0.15) is 13.2 Å². The van der Waals surface area contributed by atoms with Crippen molar-refractivity contribution in [1.82, 2.24) is 5.32 Å². The van der Waals surface area contributed by atoms with E-state index in [1.807, 2.05) is 0 Å². The summed E-state index contributed by atoms with van der Waals surface area (Å²) in [6.07, 6.45) is -6.73. The molecule has 0 spiro atoms. The van der Waals surface area contributed by atoms with E-state index in [1.54, 1.807) is 26.8 Å². The quantitative estimate of drug-likeness (QED) is 0.569. The number of alkyl halides is 3. The van der Waals surface area contributed by atoms with E-state index in [0.717, 1.165) is 11.1 Å². The first-order valence-electron chi connectivity index (χ1n) is 10.1. The maximum atomic E-state index is 13.4. The Morgan fingerprint density at radius 3 is 2.38 bits per heavy atom. The summed E-state index contributed by atoms with van der Waals surface area (Å²) in [6, 6.07) is 6.30. The first kappa shape index (κ1) is 23.8. The van der Waals surface area contributed by atoms with Gasteiger partial charge in [0.15, 0.2) is 6.10 Å². The zero-order valence-corrected chi connectivity index (χ0v) is 18.2. The van der Waals surface area contributed by atoms with E-state index in [1.165, 1.54) is 31.4 Å². The predicted molar refractivity (Wildman–Crippen MR) is 112 cm³/mol. The third-order valence-corrected chi connectivity index (χ3v) is 5.48. The second kappa shape index (κ2) is 8.61. The van der Waals surface area contributed by atoms with E-state index < -0.39 is 29.3 Å². The van der Waals surface area contributed by atoms with Gasteiger partial charge in [0.05, 0.1) is 12.8 Å². The molecule has 0 saturated heterocycles. The number of anilines is 1. The lowest BCUT2D eigenvalue weighted by atomic mass is 9.84. The highest BCUT2D eigenvalue weighted by Gasteiger charge is 2.42. The van der Waals surface area contributed by atoms with Crippen LogP contribution in [0.5, 0.6) is 5.75 Å². The maximum Gasteiger partial charge on any atom is 0.418 e. The molecule has 1 aliphatic carbocycles. The van der Waals surface area contributed by atoms with Gasteiger partial charge in [0.1, 0.15) is 11.6 Å². The monoisotopic (exact) mass is 454 g/mol. The van der Waals surface area contributed by atoms with Crippen molar-refractivity contribution in [2.45, 2.75) is 57.3 Å². The summed E-state index contributed by atoms with van der Waals surface area (Å²) in [7, 11) is 1.17. The standard InChI is InChI=1S/C23H26F4N2O3/c1-22(2,3)14-10-17(20(30)23(25,26)27)19(32-4)18(11-14)29-21(31)28-16-8-12-5-6-15(24)7-13(12)9-16/h5-7,10-11,16,20,30H,8-9H2,1-4H3,(H2,28,29,31)/t16-,20+/m0/s1. The van der Waals surface area contributed by atoms with Gasteiger partial charge in [-0.1, -0.05) is 26.8 Å². The van der Waals surface area contributed by atoms with Gasteiger partial charge in [-0.15, -0.1) is 0 Å². The van der Waals surface area contributed by atoms with Gasteiger partial charge in [-0.05, 0) is 59.2 Å². The average molecular weight is 454 g/mol. The number of hydrogen-bond acceptors (Lipinski definition) is 3. The zero-order chi connectivity index (χ0) is 23.8. The number of aliphatic hydroxyl groups is 1. The summed E-state index contributed by atoms with van der Waals surface area (Å²) in [6.45, 7) is 5.41. The van der Waals surface area contributed by atoms with Crippen LogP contribution in [0.2, 0.25) is 0 Å². The third kappa shape index (κ3) is 5.15. The zero-order valence-electron chi connectivity index (χ0n) is 18.2. The number of amides is 2. The highest BCUT2D eigenvalue weighted by Crippen LogP contribution is 2.43. The molecule has 32 heavy (non-hydrogen) atoms. The molecule has 0 aromatic heterocycles. The summed E-state index contributed by atoms with van der Waals surface area (Å²) >= 11 is 0. The van der Waals surface area contributed by atoms with Crippen molar-refractivity contribution in [2.75, 3.05) is 12.4 Å². The van der Waals surface area contributed by atoms with Crippen molar-refractivity contribution in [2.24, 2.45) is 0 Å². The summed E-state index contributed by atoms with van der Waals surface area (Å²) < 4.78 is 58.4. The van der Waals surface area contributed by atoms with E-state index in [2.05, 4.69) is 10.6 Å². The van der Waals surface area contributed by atoms with Crippen LogP contribution < -0.4 is 15.4 Å². The molecule has 2 aromatic rings. The Kier molecular flexibility index (Phi) is 6.42. The van der Waals surface area contributed by atoms with Crippen LogP contribution in [0.15, 0.2) is 30.3 Å². The van der Waals surface area contributed by atoms with Gasteiger partial charge in [0.2, 0.25) is 0 Å². The van der Waals surface area contributed by atoms with Crippen molar-refractivity contribution in [3.05, 3.63) is 58.4 Å². The summed E-state index contributed by atoms with van der Waals surface area (Å²) in [5.41, 5.74) is 1.19. The molecule has 0 radical (unpaired) electrons. The molecule has 5 nitrogen and oxygen atoms in total. The van der Waals surface area contributed by atoms with Crippen LogP contribution in [-0.4, -0.2) is 30.5 Å². The molecular weight excluding hydrogens is 428 g/mol. The normalized spacial score (nSPS) is 17.0. The fourth-order valence-corrected chi connectivity index (χ4v) is 3.82. The first-order valence-corrected chi connectivity index (χ1v) is 10.1. The number of hydrogen-bond donors (Lipinski definition) is 3. The molecule has 174 valence electrons. The Hall–Kier alpha value is -2.81. The van der Waals surface area contributed by atoms with Crippen molar-refractivity contribution >= 4 is 11.7 Å². The number of rotatable bonds is 4. The molecule has 0 aliphatic heterocycles. The van der Waals surface area contributed by atoms with Gasteiger partial charge in [-0.25, -0.2) is 9.18 Å². The van der Waals surface area contributed by atoms with Crippen LogP contribution in [-0.2, 0) is 18.3 Å². The lowest BCUT2D eigenvalue weighted by Gasteiger charge is -2.26. The van der Waals surface area contributed by atoms with Crippen LogP contribution in [0.25, 0.3) is 0 Å². The molecule has 3 rings (SSSR count).